The third-order valence-corrected chi connectivity index (χ3v) is 5.76. The third-order valence-electron chi connectivity index (χ3n) is 4.21. The molecule has 2 aromatic rings. The average molecular weight is 380 g/mol. The number of hydrogen-bond donors (Lipinski definition) is 1. The van der Waals surface area contributed by atoms with Crippen LogP contribution in [0, 0.1) is 13.8 Å². The molecule has 0 atom stereocenters. The Bertz CT molecular complexity index is 705. The van der Waals surface area contributed by atoms with Crippen LogP contribution >= 0.6 is 23.1 Å². The van der Waals surface area contributed by atoms with Crippen LogP contribution < -0.4 is 5.32 Å². The van der Waals surface area contributed by atoms with Crippen molar-refractivity contribution in [2.45, 2.75) is 64.5 Å². The third kappa shape index (κ3) is 5.22. The Balaban J connectivity index is 1.95. The molecule has 0 aliphatic carbocycles. The minimum absolute atomic E-state index is 0.0556. The van der Waals surface area contributed by atoms with Crippen LogP contribution in [0.1, 0.15) is 61.0 Å². The standard InChI is InChI=1S/C17H25N5OS2/c1-6-12(7-2)15-21-22-17(25-15)20-14(23)9-8-13-10(3)18-16(24-5)19-11(13)4/h12H,6-9H2,1-5H3,(H,20,22,23). The van der Waals surface area contributed by atoms with E-state index in [2.05, 4.69) is 39.3 Å². The van der Waals surface area contributed by atoms with Gasteiger partial charge in [0.05, 0.1) is 0 Å². The van der Waals surface area contributed by atoms with Crippen LogP contribution in [0.2, 0.25) is 0 Å². The van der Waals surface area contributed by atoms with Gasteiger partial charge in [0.1, 0.15) is 5.01 Å². The highest BCUT2D eigenvalue weighted by Gasteiger charge is 2.15. The Morgan fingerprint density at radius 1 is 1.16 bits per heavy atom. The van der Waals surface area contributed by atoms with E-state index in [1.807, 2.05) is 20.1 Å². The monoisotopic (exact) mass is 379 g/mol. The SMILES string of the molecule is CCC(CC)c1nnc(NC(=O)CCc2c(C)nc(SC)nc2C)s1. The number of aryl methyl sites for hydroxylation is 2. The zero-order chi connectivity index (χ0) is 18.4. The summed E-state index contributed by atoms with van der Waals surface area (Å²) in [6.07, 6.45) is 5.02. The minimum atomic E-state index is -0.0556. The number of rotatable bonds is 8. The van der Waals surface area contributed by atoms with Crippen LogP contribution in [0.4, 0.5) is 5.13 Å². The molecule has 6 nitrogen and oxygen atoms in total. The summed E-state index contributed by atoms with van der Waals surface area (Å²) in [4.78, 5) is 21.1. The number of nitrogens with zero attached hydrogens (tertiary/aromatic N) is 4. The van der Waals surface area contributed by atoms with E-state index in [1.54, 1.807) is 0 Å². The number of thioether (sulfide) groups is 1. The average Bonchev–Trinajstić information content (AvgIpc) is 3.03. The second-order valence-electron chi connectivity index (χ2n) is 5.87. The van der Waals surface area contributed by atoms with E-state index in [0.29, 0.717) is 23.9 Å². The Hall–Kier alpha value is -1.54. The van der Waals surface area contributed by atoms with Gasteiger partial charge in [0.25, 0.3) is 0 Å². The van der Waals surface area contributed by atoms with Crippen molar-refractivity contribution >= 4 is 34.1 Å². The van der Waals surface area contributed by atoms with Crippen molar-refractivity contribution in [3.05, 3.63) is 22.0 Å². The molecule has 1 N–H and O–H groups in total. The first kappa shape index (κ1) is 19.8. The highest BCUT2D eigenvalue weighted by atomic mass is 32.2. The van der Waals surface area contributed by atoms with Crippen molar-refractivity contribution in [2.75, 3.05) is 11.6 Å². The topological polar surface area (TPSA) is 80.7 Å². The molecule has 2 heterocycles. The van der Waals surface area contributed by atoms with E-state index in [-0.39, 0.29) is 5.91 Å². The lowest BCUT2D eigenvalue weighted by Gasteiger charge is -2.09. The van der Waals surface area contributed by atoms with Crippen molar-refractivity contribution in [3.63, 3.8) is 0 Å². The van der Waals surface area contributed by atoms with E-state index >= 15 is 0 Å². The van der Waals surface area contributed by atoms with Gasteiger partial charge in [-0.25, -0.2) is 9.97 Å². The molecule has 1 amide bonds. The summed E-state index contributed by atoms with van der Waals surface area (Å²) < 4.78 is 0. The Labute approximate surface area is 157 Å². The van der Waals surface area contributed by atoms with E-state index in [4.69, 9.17) is 0 Å². The maximum atomic E-state index is 12.2. The number of aromatic nitrogens is 4. The van der Waals surface area contributed by atoms with Gasteiger partial charge < -0.3 is 5.32 Å². The molecular weight excluding hydrogens is 354 g/mol. The van der Waals surface area contributed by atoms with E-state index in [9.17, 15) is 4.79 Å². The molecule has 8 heteroatoms. The van der Waals surface area contributed by atoms with Crippen molar-refractivity contribution in [1.29, 1.82) is 0 Å². The lowest BCUT2D eigenvalue weighted by molar-refractivity contribution is -0.116. The van der Waals surface area contributed by atoms with Crippen LogP contribution in [0.5, 0.6) is 0 Å². The predicted molar refractivity (Wildman–Crippen MR) is 103 cm³/mol. The number of carbonyl (C=O) groups excluding carboxylic acids is 1. The molecule has 0 aromatic carbocycles. The van der Waals surface area contributed by atoms with E-state index in [0.717, 1.165) is 40.0 Å². The highest BCUT2D eigenvalue weighted by Crippen LogP contribution is 2.28. The van der Waals surface area contributed by atoms with Gasteiger partial charge in [0, 0.05) is 23.7 Å². The minimum Gasteiger partial charge on any atom is -0.301 e. The lowest BCUT2D eigenvalue weighted by Crippen LogP contribution is -2.13. The Morgan fingerprint density at radius 3 is 2.36 bits per heavy atom. The molecule has 0 fully saturated rings. The van der Waals surface area contributed by atoms with Crippen LogP contribution in [0.15, 0.2) is 5.16 Å². The second-order valence-corrected chi connectivity index (χ2v) is 7.65. The van der Waals surface area contributed by atoms with Gasteiger partial charge in [0.2, 0.25) is 11.0 Å². The number of carbonyl (C=O) groups is 1. The summed E-state index contributed by atoms with van der Waals surface area (Å²) in [6, 6.07) is 0. The summed E-state index contributed by atoms with van der Waals surface area (Å²) in [7, 11) is 0. The van der Waals surface area contributed by atoms with Gasteiger partial charge in [0.15, 0.2) is 5.16 Å². The van der Waals surface area contributed by atoms with Gasteiger partial charge in [-0.2, -0.15) is 0 Å². The first-order valence-corrected chi connectivity index (χ1v) is 10.5. The number of anilines is 1. The maximum absolute atomic E-state index is 12.2. The number of amides is 1. The molecule has 0 saturated heterocycles. The van der Waals surface area contributed by atoms with Crippen molar-refractivity contribution in [2.24, 2.45) is 0 Å². The summed E-state index contributed by atoms with van der Waals surface area (Å²) >= 11 is 2.99. The van der Waals surface area contributed by atoms with Crippen LogP contribution in [0.3, 0.4) is 0 Å². The summed E-state index contributed by atoms with van der Waals surface area (Å²) in [6.45, 7) is 8.22. The Morgan fingerprint density at radius 2 is 1.80 bits per heavy atom. The number of hydrogen-bond acceptors (Lipinski definition) is 7. The molecule has 0 aliphatic heterocycles. The zero-order valence-corrected chi connectivity index (χ0v) is 17.1. The second kappa shape index (κ2) is 9.24. The summed E-state index contributed by atoms with van der Waals surface area (Å²) in [5.74, 6) is 0.362. The van der Waals surface area contributed by atoms with Crippen molar-refractivity contribution in [1.82, 2.24) is 20.2 Å². The van der Waals surface area contributed by atoms with Crippen LogP contribution in [-0.4, -0.2) is 32.3 Å². The molecule has 0 saturated carbocycles. The molecule has 136 valence electrons. The molecule has 0 bridgehead atoms. The van der Waals surface area contributed by atoms with E-state index < -0.39 is 0 Å². The molecule has 2 aromatic heterocycles. The largest absolute Gasteiger partial charge is 0.301 e. The van der Waals surface area contributed by atoms with Gasteiger partial charge in [-0.1, -0.05) is 36.9 Å². The van der Waals surface area contributed by atoms with Gasteiger partial charge in [-0.15, -0.1) is 10.2 Å². The Kier molecular flexibility index (Phi) is 7.31. The fraction of sp³-hybridized carbons (Fsp3) is 0.588. The first-order valence-electron chi connectivity index (χ1n) is 8.49. The predicted octanol–water partition coefficient (Wildman–Crippen LogP) is 4.14. The molecule has 25 heavy (non-hydrogen) atoms. The fourth-order valence-corrected chi connectivity index (χ4v) is 4.15. The first-order chi connectivity index (χ1) is 12.0. The van der Waals surface area contributed by atoms with Crippen LogP contribution in [0.25, 0.3) is 0 Å². The van der Waals surface area contributed by atoms with Gasteiger partial charge in [-0.05, 0) is 44.9 Å². The normalized spacial score (nSPS) is 11.1. The zero-order valence-electron chi connectivity index (χ0n) is 15.4. The smallest absolute Gasteiger partial charge is 0.226 e. The fourth-order valence-electron chi connectivity index (χ4n) is 2.67. The summed E-state index contributed by atoms with van der Waals surface area (Å²) in [5, 5.41) is 13.5. The molecule has 0 radical (unpaired) electrons. The van der Waals surface area contributed by atoms with Crippen molar-refractivity contribution in [3.8, 4) is 0 Å². The number of nitrogens with one attached hydrogen (secondary N) is 1. The van der Waals surface area contributed by atoms with E-state index in [1.165, 1.54) is 23.1 Å². The molecular formula is C17H25N5OS2. The summed E-state index contributed by atoms with van der Waals surface area (Å²) in [5.41, 5.74) is 2.93. The van der Waals surface area contributed by atoms with Crippen molar-refractivity contribution < 1.29 is 4.79 Å². The molecule has 0 spiro atoms. The molecule has 0 unspecified atom stereocenters. The highest BCUT2D eigenvalue weighted by molar-refractivity contribution is 7.98. The quantitative estimate of drug-likeness (QED) is 0.548. The molecule has 0 aliphatic rings. The maximum Gasteiger partial charge on any atom is 0.226 e. The van der Waals surface area contributed by atoms with Gasteiger partial charge >= 0.3 is 0 Å². The van der Waals surface area contributed by atoms with Gasteiger partial charge in [-0.3, -0.25) is 4.79 Å². The lowest BCUT2D eigenvalue weighted by atomic mass is 10.1. The molecule has 2 rings (SSSR count). The van der Waals surface area contributed by atoms with Crippen LogP contribution in [-0.2, 0) is 11.2 Å².